The maximum Gasteiger partial charge on any atom is 0.330 e. The fourth-order valence-corrected chi connectivity index (χ4v) is 3.15. The van der Waals surface area contributed by atoms with Gasteiger partial charge in [0.2, 0.25) is 5.91 Å². The third-order valence-electron chi connectivity index (χ3n) is 5.23. The summed E-state index contributed by atoms with van der Waals surface area (Å²) in [4.78, 5) is 38.7. The highest BCUT2D eigenvalue weighted by Crippen LogP contribution is 2.13. The summed E-state index contributed by atoms with van der Waals surface area (Å²) in [5.74, 6) is -0.283. The molecule has 1 rings (SSSR count). The summed E-state index contributed by atoms with van der Waals surface area (Å²) in [5.41, 5.74) is -0.997. The van der Waals surface area contributed by atoms with Crippen LogP contribution in [0.15, 0.2) is 21.9 Å². The van der Waals surface area contributed by atoms with Gasteiger partial charge >= 0.3 is 5.69 Å². The molecule has 32 heavy (non-hydrogen) atoms. The monoisotopic (exact) mass is 453 g/mol. The van der Waals surface area contributed by atoms with Gasteiger partial charge in [-0.25, -0.2) is 4.79 Å². The number of aromatic amines is 1. The fourth-order valence-electron chi connectivity index (χ4n) is 3.15. The van der Waals surface area contributed by atoms with Gasteiger partial charge in [0.05, 0.1) is 18.3 Å². The lowest BCUT2D eigenvalue weighted by Crippen LogP contribution is -2.38. The lowest BCUT2D eigenvalue weighted by atomic mass is 10.1. The number of carbonyl (C=O) groups is 1. The number of carbonyl (C=O) groups excluding carboxylic acids is 1. The second-order valence-corrected chi connectivity index (χ2v) is 7.81. The molecule has 9 heteroatoms. The predicted octanol–water partition coefficient (Wildman–Crippen LogP) is 2.61. The first-order chi connectivity index (χ1) is 15.3. The number of H-pyrrole nitrogens is 1. The van der Waals surface area contributed by atoms with E-state index in [1.54, 1.807) is 21.1 Å². The largest absolute Gasteiger partial charge is 0.382 e. The Morgan fingerprint density at radius 3 is 2.50 bits per heavy atom. The van der Waals surface area contributed by atoms with Crippen molar-refractivity contribution in [3.63, 3.8) is 0 Å². The summed E-state index contributed by atoms with van der Waals surface area (Å²) >= 11 is 0. The first-order valence-corrected chi connectivity index (χ1v) is 11.3. The van der Waals surface area contributed by atoms with Crippen LogP contribution in [0, 0.1) is 0 Å². The van der Waals surface area contributed by atoms with Gasteiger partial charge in [-0.05, 0) is 26.3 Å². The fraction of sp³-hybridized carbons (Fsp3) is 0.696. The van der Waals surface area contributed by atoms with Gasteiger partial charge in [-0.3, -0.25) is 19.1 Å². The standard InChI is InChI=1S/C23H39N3O6/c1-6-7-8-9-10-11-14-24-21(27)13-12-19-15-26(23(29)25-22(19)28)18(3)32-20(16-30-4)17(2)31-5/h12-13,15,17-18,20H,6-11,14,16H2,1-5H3,(H,24,27)(H,25,28,29)/b13-12+. The van der Waals surface area contributed by atoms with Gasteiger partial charge in [-0.15, -0.1) is 0 Å². The zero-order valence-electron chi connectivity index (χ0n) is 20.0. The molecule has 0 aliphatic rings. The second kappa shape index (κ2) is 15.6. The van der Waals surface area contributed by atoms with Crippen molar-refractivity contribution < 1.29 is 19.0 Å². The molecule has 182 valence electrons. The quantitative estimate of drug-likeness (QED) is 0.294. The number of hydrogen-bond acceptors (Lipinski definition) is 6. The van der Waals surface area contributed by atoms with E-state index in [0.717, 1.165) is 12.8 Å². The van der Waals surface area contributed by atoms with E-state index >= 15 is 0 Å². The number of ether oxygens (including phenoxy) is 3. The molecule has 1 amide bonds. The Hall–Kier alpha value is -2.23. The van der Waals surface area contributed by atoms with E-state index in [0.29, 0.717) is 6.54 Å². The van der Waals surface area contributed by atoms with Crippen LogP contribution in [0.5, 0.6) is 0 Å². The van der Waals surface area contributed by atoms with Crippen molar-refractivity contribution in [2.75, 3.05) is 27.4 Å². The molecule has 1 aromatic rings. The summed E-state index contributed by atoms with van der Waals surface area (Å²) < 4.78 is 17.6. The van der Waals surface area contributed by atoms with E-state index in [2.05, 4.69) is 17.2 Å². The van der Waals surface area contributed by atoms with Gasteiger partial charge in [-0.1, -0.05) is 39.0 Å². The van der Waals surface area contributed by atoms with E-state index in [1.807, 2.05) is 6.92 Å². The highest BCUT2D eigenvalue weighted by atomic mass is 16.6. The summed E-state index contributed by atoms with van der Waals surface area (Å²) in [6.45, 7) is 6.57. The van der Waals surface area contributed by atoms with Crippen molar-refractivity contribution in [3.8, 4) is 0 Å². The Kier molecular flexibility index (Phi) is 13.5. The molecule has 1 heterocycles. The minimum Gasteiger partial charge on any atom is -0.382 e. The summed E-state index contributed by atoms with van der Waals surface area (Å²) in [6.07, 6.45) is 9.56. The number of hydrogen-bond donors (Lipinski definition) is 2. The van der Waals surface area contributed by atoms with Gasteiger partial charge in [0.1, 0.15) is 12.3 Å². The van der Waals surface area contributed by atoms with Crippen molar-refractivity contribution in [2.24, 2.45) is 0 Å². The number of nitrogens with one attached hydrogen (secondary N) is 2. The molecule has 0 bridgehead atoms. The molecular formula is C23H39N3O6. The van der Waals surface area contributed by atoms with Crippen LogP contribution in [0.1, 0.15) is 71.1 Å². The Bertz CT molecular complexity index is 817. The topological polar surface area (TPSA) is 112 Å². The minimum absolute atomic E-state index is 0.179. The number of aromatic nitrogens is 2. The normalized spacial score (nSPS) is 14.4. The molecule has 2 N–H and O–H groups in total. The molecule has 0 aromatic carbocycles. The molecular weight excluding hydrogens is 414 g/mol. The van der Waals surface area contributed by atoms with Crippen LogP contribution in [-0.4, -0.2) is 55.0 Å². The van der Waals surface area contributed by atoms with Crippen LogP contribution >= 0.6 is 0 Å². The lowest BCUT2D eigenvalue weighted by molar-refractivity contribution is -0.127. The third-order valence-corrected chi connectivity index (χ3v) is 5.23. The lowest BCUT2D eigenvalue weighted by Gasteiger charge is -2.27. The number of rotatable bonds is 16. The van der Waals surface area contributed by atoms with Gasteiger partial charge < -0.3 is 19.5 Å². The smallest absolute Gasteiger partial charge is 0.330 e. The minimum atomic E-state index is -0.689. The van der Waals surface area contributed by atoms with Crippen molar-refractivity contribution in [2.45, 2.75) is 77.7 Å². The van der Waals surface area contributed by atoms with E-state index < -0.39 is 23.6 Å². The Morgan fingerprint density at radius 2 is 1.84 bits per heavy atom. The first-order valence-electron chi connectivity index (χ1n) is 11.3. The van der Waals surface area contributed by atoms with E-state index in [4.69, 9.17) is 14.2 Å². The Morgan fingerprint density at radius 1 is 1.16 bits per heavy atom. The van der Waals surface area contributed by atoms with E-state index in [1.165, 1.54) is 48.6 Å². The van der Waals surface area contributed by atoms with Crippen molar-refractivity contribution in [1.82, 2.24) is 14.9 Å². The van der Waals surface area contributed by atoms with Crippen LogP contribution in [0.25, 0.3) is 6.08 Å². The zero-order valence-corrected chi connectivity index (χ0v) is 20.0. The van der Waals surface area contributed by atoms with E-state index in [9.17, 15) is 14.4 Å². The average Bonchev–Trinajstić information content (AvgIpc) is 2.76. The molecule has 0 saturated carbocycles. The van der Waals surface area contributed by atoms with Crippen molar-refractivity contribution >= 4 is 12.0 Å². The summed E-state index contributed by atoms with van der Waals surface area (Å²) in [7, 11) is 3.12. The zero-order chi connectivity index (χ0) is 23.9. The number of unbranched alkanes of at least 4 members (excludes halogenated alkanes) is 5. The van der Waals surface area contributed by atoms with Gasteiger partial charge in [0.25, 0.3) is 5.56 Å². The Balaban J connectivity index is 2.74. The molecule has 0 aliphatic heterocycles. The number of nitrogens with zero attached hydrogens (tertiary/aromatic N) is 1. The maximum atomic E-state index is 12.3. The Labute approximate surface area is 190 Å². The van der Waals surface area contributed by atoms with Crippen LogP contribution in [0.4, 0.5) is 0 Å². The van der Waals surface area contributed by atoms with Gasteiger partial charge in [-0.2, -0.15) is 0 Å². The van der Waals surface area contributed by atoms with Crippen LogP contribution in [-0.2, 0) is 19.0 Å². The maximum absolute atomic E-state index is 12.3. The SMILES string of the molecule is CCCCCCCCNC(=O)/C=C/c1cn(C(C)OC(COC)C(C)OC)c(=O)[nH]c1=O. The van der Waals surface area contributed by atoms with Crippen molar-refractivity contribution in [1.29, 1.82) is 0 Å². The van der Waals surface area contributed by atoms with Gasteiger partial charge in [0, 0.05) is 33.0 Å². The number of methoxy groups -OCH3 is 2. The molecule has 0 fully saturated rings. The van der Waals surface area contributed by atoms with E-state index in [-0.39, 0.29) is 24.2 Å². The second-order valence-electron chi connectivity index (χ2n) is 7.81. The summed E-state index contributed by atoms with van der Waals surface area (Å²) in [6, 6.07) is 0. The first kappa shape index (κ1) is 27.8. The van der Waals surface area contributed by atoms with Crippen LogP contribution in [0.3, 0.4) is 0 Å². The predicted molar refractivity (Wildman–Crippen MR) is 125 cm³/mol. The molecule has 0 aliphatic carbocycles. The van der Waals surface area contributed by atoms with Crippen LogP contribution < -0.4 is 16.6 Å². The molecule has 9 nitrogen and oxygen atoms in total. The number of amides is 1. The molecule has 3 atom stereocenters. The molecule has 1 aromatic heterocycles. The molecule has 0 saturated heterocycles. The molecule has 0 spiro atoms. The third kappa shape index (κ3) is 9.93. The van der Waals surface area contributed by atoms with Crippen molar-refractivity contribution in [3.05, 3.63) is 38.7 Å². The van der Waals surface area contributed by atoms with Crippen LogP contribution in [0.2, 0.25) is 0 Å². The summed E-state index contributed by atoms with van der Waals surface area (Å²) in [5, 5.41) is 2.81. The average molecular weight is 454 g/mol. The van der Waals surface area contributed by atoms with Gasteiger partial charge in [0.15, 0.2) is 0 Å². The molecule has 0 radical (unpaired) electrons. The highest BCUT2D eigenvalue weighted by molar-refractivity contribution is 5.91. The highest BCUT2D eigenvalue weighted by Gasteiger charge is 2.22. The molecule has 3 unspecified atom stereocenters.